The minimum atomic E-state index is -0.0257. The first-order valence-electron chi connectivity index (χ1n) is 8.29. The monoisotopic (exact) mass is 360 g/mol. The summed E-state index contributed by atoms with van der Waals surface area (Å²) in [5, 5.41) is 6.28. The van der Waals surface area contributed by atoms with Gasteiger partial charge in [-0.3, -0.25) is 4.79 Å². The largest absolute Gasteiger partial charge is 0.486 e. The van der Waals surface area contributed by atoms with Crippen LogP contribution in [-0.4, -0.2) is 25.7 Å². The van der Waals surface area contributed by atoms with E-state index in [1.165, 1.54) is 11.1 Å². The van der Waals surface area contributed by atoms with Gasteiger partial charge in [0.25, 0.3) is 5.91 Å². The number of ether oxygens (including phenoxy) is 2. The molecular formula is C19H21ClN2O3. The Labute approximate surface area is 153 Å². The van der Waals surface area contributed by atoms with Gasteiger partial charge in [-0.2, -0.15) is 0 Å². The summed E-state index contributed by atoms with van der Waals surface area (Å²) in [7, 11) is 0. The van der Waals surface area contributed by atoms with Gasteiger partial charge in [-0.15, -0.1) is 12.4 Å². The quantitative estimate of drug-likeness (QED) is 0.879. The Balaban J connectivity index is 0.00000182. The molecule has 5 nitrogen and oxygen atoms in total. The topological polar surface area (TPSA) is 59.6 Å². The van der Waals surface area contributed by atoms with Gasteiger partial charge in [0, 0.05) is 25.2 Å². The van der Waals surface area contributed by atoms with E-state index in [1.807, 2.05) is 36.4 Å². The van der Waals surface area contributed by atoms with Crippen LogP contribution in [0.3, 0.4) is 0 Å². The van der Waals surface area contributed by atoms with Gasteiger partial charge in [-0.25, -0.2) is 0 Å². The van der Waals surface area contributed by atoms with Crippen molar-refractivity contribution in [2.75, 3.05) is 19.8 Å². The fraction of sp³-hybridized carbons (Fsp3) is 0.316. The van der Waals surface area contributed by atoms with Crippen molar-refractivity contribution in [2.45, 2.75) is 19.5 Å². The highest BCUT2D eigenvalue weighted by Gasteiger charge is 2.14. The predicted octanol–water partition coefficient (Wildman–Crippen LogP) is 2.46. The predicted molar refractivity (Wildman–Crippen MR) is 97.7 cm³/mol. The van der Waals surface area contributed by atoms with Crippen LogP contribution in [0.25, 0.3) is 0 Å². The van der Waals surface area contributed by atoms with Crippen molar-refractivity contribution in [3.8, 4) is 11.5 Å². The van der Waals surface area contributed by atoms with Crippen molar-refractivity contribution in [1.82, 2.24) is 10.6 Å². The Morgan fingerprint density at radius 2 is 1.80 bits per heavy atom. The van der Waals surface area contributed by atoms with Gasteiger partial charge in [0.1, 0.15) is 13.2 Å². The lowest BCUT2D eigenvalue weighted by molar-refractivity contribution is 0.0954. The number of rotatable bonds is 4. The molecule has 2 aromatic rings. The van der Waals surface area contributed by atoms with Crippen molar-refractivity contribution >= 4 is 18.3 Å². The van der Waals surface area contributed by atoms with Gasteiger partial charge in [-0.05, 0) is 47.4 Å². The fourth-order valence-corrected chi connectivity index (χ4v) is 3.10. The van der Waals surface area contributed by atoms with Crippen LogP contribution in [0.5, 0.6) is 11.5 Å². The van der Waals surface area contributed by atoms with Crippen molar-refractivity contribution in [3.63, 3.8) is 0 Å². The molecule has 0 radical (unpaired) electrons. The molecule has 0 saturated heterocycles. The number of carbonyl (C=O) groups excluding carboxylic acids is 1. The molecule has 2 aliphatic heterocycles. The van der Waals surface area contributed by atoms with Crippen molar-refractivity contribution in [3.05, 3.63) is 58.7 Å². The molecule has 132 valence electrons. The first-order valence-corrected chi connectivity index (χ1v) is 8.29. The van der Waals surface area contributed by atoms with Gasteiger partial charge < -0.3 is 20.1 Å². The van der Waals surface area contributed by atoms with Crippen LogP contribution in [0.2, 0.25) is 0 Å². The lowest BCUT2D eigenvalue weighted by atomic mass is 10.1. The van der Waals surface area contributed by atoms with Crippen LogP contribution in [0.15, 0.2) is 36.4 Å². The summed E-state index contributed by atoms with van der Waals surface area (Å²) in [5.41, 5.74) is 4.34. The molecule has 0 atom stereocenters. The second kappa shape index (κ2) is 7.76. The average Bonchev–Trinajstić information content (AvgIpc) is 3.09. The molecule has 4 rings (SSSR count). The summed E-state index contributed by atoms with van der Waals surface area (Å²) >= 11 is 0. The summed E-state index contributed by atoms with van der Waals surface area (Å²) < 4.78 is 11.1. The first-order chi connectivity index (χ1) is 11.8. The number of hydrogen-bond acceptors (Lipinski definition) is 4. The summed E-state index contributed by atoms with van der Waals surface area (Å²) in [6, 6.07) is 11.8. The van der Waals surface area contributed by atoms with Gasteiger partial charge in [0.05, 0.1) is 0 Å². The summed E-state index contributed by atoms with van der Waals surface area (Å²) in [4.78, 5) is 12.3. The average molecular weight is 361 g/mol. The molecular weight excluding hydrogens is 340 g/mol. The molecule has 2 heterocycles. The maximum absolute atomic E-state index is 12.3. The molecule has 0 saturated carbocycles. The number of nitrogens with one attached hydrogen (secondary N) is 2. The van der Waals surface area contributed by atoms with Crippen molar-refractivity contribution < 1.29 is 14.3 Å². The standard InChI is InChI=1S/C19H20N2O3.ClH/c22-19(14-2-3-15-11-20-12-16(15)10-14)21-6-5-13-1-4-17-18(9-13)24-8-7-23-17;/h1-4,9-10,20H,5-8,11-12H2,(H,21,22);1H. The summed E-state index contributed by atoms with van der Waals surface area (Å²) in [6.45, 7) is 3.50. The second-order valence-electron chi connectivity index (χ2n) is 6.07. The molecule has 0 aliphatic carbocycles. The molecule has 0 spiro atoms. The molecule has 0 aromatic heterocycles. The molecule has 1 amide bonds. The zero-order chi connectivity index (χ0) is 16.4. The highest BCUT2D eigenvalue weighted by atomic mass is 35.5. The number of benzene rings is 2. The van der Waals surface area contributed by atoms with E-state index in [4.69, 9.17) is 9.47 Å². The molecule has 0 fully saturated rings. The van der Waals surface area contributed by atoms with Crippen LogP contribution < -0.4 is 20.1 Å². The molecule has 6 heteroatoms. The Hall–Kier alpha value is -2.24. The third kappa shape index (κ3) is 3.89. The summed E-state index contributed by atoms with van der Waals surface area (Å²) in [6.07, 6.45) is 0.759. The number of carbonyl (C=O) groups is 1. The van der Waals surface area contributed by atoms with Crippen LogP contribution in [0, 0.1) is 0 Å². The molecule has 0 bridgehead atoms. The number of hydrogen-bond donors (Lipinski definition) is 2. The number of halogens is 1. The van der Waals surface area contributed by atoms with Gasteiger partial charge >= 0.3 is 0 Å². The van der Waals surface area contributed by atoms with Crippen molar-refractivity contribution in [2.24, 2.45) is 0 Å². The molecule has 2 N–H and O–H groups in total. The van der Waals surface area contributed by atoms with Crippen molar-refractivity contribution in [1.29, 1.82) is 0 Å². The van der Waals surface area contributed by atoms with E-state index in [0.29, 0.717) is 19.8 Å². The second-order valence-corrected chi connectivity index (χ2v) is 6.07. The van der Waals surface area contributed by atoms with Crippen LogP contribution in [-0.2, 0) is 19.5 Å². The number of fused-ring (bicyclic) bond motifs is 2. The third-order valence-corrected chi connectivity index (χ3v) is 4.41. The van der Waals surface area contributed by atoms with Crippen LogP contribution in [0.1, 0.15) is 27.0 Å². The minimum absolute atomic E-state index is 0. The van der Waals surface area contributed by atoms with Gasteiger partial charge in [0.2, 0.25) is 0 Å². The smallest absolute Gasteiger partial charge is 0.251 e. The minimum Gasteiger partial charge on any atom is -0.486 e. The van der Waals surface area contributed by atoms with Crippen LogP contribution >= 0.6 is 12.4 Å². The Bertz CT molecular complexity index is 779. The molecule has 0 unspecified atom stereocenters. The Kier molecular flexibility index (Phi) is 5.46. The van der Waals surface area contributed by atoms with E-state index in [9.17, 15) is 4.79 Å². The van der Waals surface area contributed by atoms with E-state index < -0.39 is 0 Å². The van der Waals surface area contributed by atoms with Gasteiger partial charge in [-0.1, -0.05) is 12.1 Å². The fourth-order valence-electron chi connectivity index (χ4n) is 3.10. The lowest BCUT2D eigenvalue weighted by Crippen LogP contribution is -2.25. The zero-order valence-corrected chi connectivity index (χ0v) is 14.7. The Morgan fingerprint density at radius 3 is 2.68 bits per heavy atom. The van der Waals surface area contributed by atoms with E-state index in [2.05, 4.69) is 10.6 Å². The molecule has 25 heavy (non-hydrogen) atoms. The summed E-state index contributed by atoms with van der Waals surface area (Å²) in [5.74, 6) is 1.55. The molecule has 2 aliphatic rings. The normalized spacial score (nSPS) is 14.4. The van der Waals surface area contributed by atoms with Crippen LogP contribution in [0.4, 0.5) is 0 Å². The highest BCUT2D eigenvalue weighted by molar-refractivity contribution is 5.94. The maximum Gasteiger partial charge on any atom is 0.251 e. The van der Waals surface area contributed by atoms with E-state index in [1.54, 1.807) is 0 Å². The van der Waals surface area contributed by atoms with E-state index in [-0.39, 0.29) is 18.3 Å². The van der Waals surface area contributed by atoms with E-state index >= 15 is 0 Å². The maximum atomic E-state index is 12.3. The first kappa shape index (κ1) is 17.6. The molecule has 2 aromatic carbocycles. The zero-order valence-electron chi connectivity index (χ0n) is 13.8. The number of amides is 1. The van der Waals surface area contributed by atoms with Gasteiger partial charge in [0.15, 0.2) is 11.5 Å². The Morgan fingerprint density at radius 1 is 1.00 bits per heavy atom. The highest BCUT2D eigenvalue weighted by Crippen LogP contribution is 2.30. The third-order valence-electron chi connectivity index (χ3n) is 4.41. The SMILES string of the molecule is Cl.O=C(NCCc1ccc2c(c1)OCCO2)c1ccc2c(c1)CNC2. The van der Waals surface area contributed by atoms with E-state index in [0.717, 1.165) is 42.1 Å². The lowest BCUT2D eigenvalue weighted by Gasteiger charge is -2.18.